The number of fused-ring (bicyclic) bond motifs is 4. The van der Waals surface area contributed by atoms with Crippen molar-refractivity contribution >= 4 is 15.9 Å². The third-order valence-electron chi connectivity index (χ3n) is 18.0. The monoisotopic (exact) mass is 855 g/mol. The zero-order chi connectivity index (χ0) is 42.3. The lowest BCUT2D eigenvalue weighted by molar-refractivity contribution is -0.466. The van der Waals surface area contributed by atoms with E-state index in [1.54, 1.807) is 29.2 Å². The lowest BCUT2D eigenvalue weighted by Crippen LogP contribution is -2.68. The Bertz CT molecular complexity index is 1730. The second-order valence-corrected chi connectivity index (χ2v) is 23.1. The van der Waals surface area contributed by atoms with Crippen molar-refractivity contribution in [3.05, 3.63) is 29.8 Å². The first kappa shape index (κ1) is 43.5. The summed E-state index contributed by atoms with van der Waals surface area (Å²) < 4.78 is 49.5. The van der Waals surface area contributed by atoms with Gasteiger partial charge in [-0.2, -0.15) is 0 Å². The molecule has 2 spiro atoms. The van der Waals surface area contributed by atoms with E-state index in [0.717, 1.165) is 56.9 Å². The molecule has 10 fully saturated rings. The van der Waals surface area contributed by atoms with Crippen LogP contribution in [0.1, 0.15) is 125 Å². The Morgan fingerprint density at radius 1 is 0.700 bits per heavy atom. The molecule has 0 aromatic heterocycles. The summed E-state index contributed by atoms with van der Waals surface area (Å²) in [4.78, 5) is 40.0. The molecule has 1 amide bonds. The van der Waals surface area contributed by atoms with E-state index in [4.69, 9.17) is 33.8 Å². The number of rotatable bonds is 11. The molecule has 1 aromatic rings. The molecule has 18 atom stereocenters. The van der Waals surface area contributed by atoms with Crippen LogP contribution in [0.25, 0.3) is 0 Å². The summed E-state index contributed by atoms with van der Waals surface area (Å²) in [5.74, 6) is 3.18. The summed E-state index contributed by atoms with van der Waals surface area (Å²) in [7, 11) is -3.73. The third kappa shape index (κ3) is 7.20. The van der Waals surface area contributed by atoms with Crippen molar-refractivity contribution in [2.75, 3.05) is 18.8 Å². The molecule has 6 saturated heterocycles. The zero-order valence-corrected chi connectivity index (χ0v) is 38.3. The topological polar surface area (TPSA) is 119 Å². The number of carbonyl (C=O) groups excluding carboxylic acids is 1. The molecule has 4 saturated carbocycles. The lowest BCUT2D eigenvalue weighted by Gasteiger charge is -2.61. The molecule has 6 aliphatic heterocycles. The Balaban J connectivity index is 0.996. The maximum atomic E-state index is 14.6. The van der Waals surface area contributed by atoms with Gasteiger partial charge < -0.3 is 19.1 Å². The highest BCUT2D eigenvalue weighted by atomic mass is 32.2. The molecule has 12 heteroatoms. The number of hydrogen-bond acceptors (Lipinski definition) is 10. The molecule has 0 radical (unpaired) electrons. The summed E-state index contributed by atoms with van der Waals surface area (Å²) in [6, 6.07) is 6.89. The van der Waals surface area contributed by atoms with Gasteiger partial charge in [-0.1, -0.05) is 53.7 Å². The number of hydrogen-bond donors (Lipinski definition) is 0. The molecule has 0 N–H and O–H groups in total. The predicted octanol–water partition coefficient (Wildman–Crippen LogP) is 8.96. The fourth-order valence-electron chi connectivity index (χ4n) is 14.4. The van der Waals surface area contributed by atoms with E-state index in [1.165, 1.54) is 0 Å². The smallest absolute Gasteiger partial charge is 0.410 e. The van der Waals surface area contributed by atoms with E-state index >= 15 is 0 Å². The largest absolute Gasteiger partial charge is 0.445 e. The molecule has 6 heterocycles. The Labute approximate surface area is 359 Å². The Morgan fingerprint density at radius 2 is 1.18 bits per heavy atom. The van der Waals surface area contributed by atoms with Crippen LogP contribution in [0.15, 0.2) is 29.2 Å². The van der Waals surface area contributed by atoms with Crippen molar-refractivity contribution in [1.29, 1.82) is 0 Å². The van der Waals surface area contributed by atoms with E-state index in [1.807, 2.05) is 13.8 Å². The minimum absolute atomic E-state index is 0.00109. The summed E-state index contributed by atoms with van der Waals surface area (Å²) in [5, 5.41) is 0. The predicted molar refractivity (Wildman–Crippen MR) is 225 cm³/mol. The van der Waals surface area contributed by atoms with Gasteiger partial charge in [0.2, 0.25) is 0 Å². The first-order valence-electron chi connectivity index (χ1n) is 23.9. The number of amides is 1. The summed E-state index contributed by atoms with van der Waals surface area (Å²) >= 11 is 0. The number of carbonyl (C=O) groups is 1. The van der Waals surface area contributed by atoms with Crippen LogP contribution in [0, 0.1) is 65.1 Å². The third-order valence-corrected chi connectivity index (χ3v) is 19.9. The number of sulfone groups is 1. The van der Waals surface area contributed by atoms with E-state index in [2.05, 4.69) is 41.5 Å². The average Bonchev–Trinajstić information content (AvgIpc) is 3.57. The average molecular weight is 856 g/mol. The van der Waals surface area contributed by atoms with Gasteiger partial charge in [0.15, 0.2) is 9.84 Å². The van der Waals surface area contributed by atoms with Crippen LogP contribution in [0.2, 0.25) is 0 Å². The Kier molecular flexibility index (Phi) is 12.0. The van der Waals surface area contributed by atoms with Gasteiger partial charge in [0, 0.05) is 13.1 Å². The van der Waals surface area contributed by atoms with Crippen LogP contribution in [0.3, 0.4) is 0 Å². The van der Waals surface area contributed by atoms with E-state index in [-0.39, 0.29) is 89.6 Å². The van der Waals surface area contributed by atoms with E-state index in [9.17, 15) is 13.2 Å². The van der Waals surface area contributed by atoms with Crippen LogP contribution in [0.5, 0.6) is 0 Å². The molecular weight excluding hydrogens is 783 g/mol. The van der Waals surface area contributed by atoms with Gasteiger partial charge in [-0.3, -0.25) is 0 Å². The van der Waals surface area contributed by atoms with Gasteiger partial charge >= 0.3 is 6.09 Å². The molecule has 1 aromatic carbocycles. The molecule has 4 bridgehead atoms. The lowest BCUT2D eigenvalue weighted by atomic mass is 9.55. The Hall–Kier alpha value is -1.80. The maximum absolute atomic E-state index is 14.6. The van der Waals surface area contributed by atoms with Crippen molar-refractivity contribution in [3.8, 4) is 0 Å². The first-order valence-corrected chi connectivity index (χ1v) is 25.6. The van der Waals surface area contributed by atoms with Gasteiger partial charge in [0.1, 0.15) is 17.8 Å². The molecule has 11 rings (SSSR count). The van der Waals surface area contributed by atoms with Crippen molar-refractivity contribution in [1.82, 2.24) is 4.90 Å². The van der Waals surface area contributed by atoms with Crippen LogP contribution in [-0.2, 0) is 50.2 Å². The molecule has 11 nitrogen and oxygen atoms in total. The standard InChI is InChI=1S/C48H73NO10S/c1-9-49(10-2)46(50)53-25-33-13-15-35(16-14-33)60(51,52)26-34(21-42-31(7)36-17-11-27(3)38-23-40-29(5)19-44(54-42)47(36,38)58-56-40)22-43-32(8)37-18-12-28(4)39-24-41-30(6)20-45(55-43)48(37,39)59-57-41/h13-16,27-32,34,36-45H,9-12,17-26H2,1-8H3/t27-,28-,29-,30-,31-,32-,36+,37+,38+,39+,40+,41+,42-,43-,44-,45-,47+,48+/m1/s1. The second-order valence-electron chi connectivity index (χ2n) is 21.1. The van der Waals surface area contributed by atoms with Crippen molar-refractivity contribution in [2.45, 2.75) is 179 Å². The maximum Gasteiger partial charge on any atom is 0.410 e. The van der Waals surface area contributed by atoms with Crippen LogP contribution < -0.4 is 0 Å². The highest BCUT2D eigenvalue weighted by Gasteiger charge is 2.69. The number of ether oxygens (including phenoxy) is 3. The van der Waals surface area contributed by atoms with Gasteiger partial charge in [-0.25, -0.2) is 32.8 Å². The zero-order valence-electron chi connectivity index (χ0n) is 37.5. The molecular formula is C48H73NO10S. The van der Waals surface area contributed by atoms with Gasteiger partial charge in [-0.15, -0.1) is 0 Å². The van der Waals surface area contributed by atoms with Gasteiger partial charge in [0.05, 0.1) is 47.3 Å². The highest BCUT2D eigenvalue weighted by molar-refractivity contribution is 7.91. The van der Waals surface area contributed by atoms with Crippen molar-refractivity contribution in [2.24, 2.45) is 65.1 Å². The molecule has 60 heavy (non-hydrogen) atoms. The van der Waals surface area contributed by atoms with Gasteiger partial charge in [0.25, 0.3) is 0 Å². The van der Waals surface area contributed by atoms with Crippen LogP contribution >= 0.6 is 0 Å². The van der Waals surface area contributed by atoms with E-state index in [0.29, 0.717) is 61.4 Å². The quantitative estimate of drug-likeness (QED) is 0.200. The highest BCUT2D eigenvalue weighted by Crippen LogP contribution is 2.63. The Morgan fingerprint density at radius 3 is 1.65 bits per heavy atom. The summed E-state index contributed by atoms with van der Waals surface area (Å²) in [6.45, 7) is 19.0. The summed E-state index contributed by atoms with van der Waals surface area (Å²) in [5.41, 5.74) is -0.169. The second kappa shape index (κ2) is 16.6. The van der Waals surface area contributed by atoms with E-state index < -0.39 is 21.0 Å². The van der Waals surface area contributed by atoms with Gasteiger partial charge in [-0.05, 0) is 161 Å². The van der Waals surface area contributed by atoms with Crippen molar-refractivity contribution < 1.29 is 47.0 Å². The molecule has 0 unspecified atom stereocenters. The van der Waals surface area contributed by atoms with Crippen LogP contribution in [0.4, 0.5) is 4.79 Å². The normalized spacial score (nSPS) is 45.6. The first-order chi connectivity index (χ1) is 28.7. The fourth-order valence-corrected chi connectivity index (χ4v) is 16.0. The molecule has 10 aliphatic rings. The minimum atomic E-state index is -3.73. The minimum Gasteiger partial charge on any atom is -0.445 e. The fraction of sp³-hybridized carbons (Fsp3) is 0.854. The van der Waals surface area contributed by atoms with Crippen molar-refractivity contribution in [3.63, 3.8) is 0 Å². The molecule has 336 valence electrons. The summed E-state index contributed by atoms with van der Waals surface area (Å²) in [6.07, 6.45) is 8.89. The molecule has 4 aliphatic carbocycles. The number of benzene rings is 1. The van der Waals surface area contributed by atoms with Crippen LogP contribution in [-0.4, -0.2) is 86.1 Å². The SMILES string of the molecule is CCN(CC)C(=O)OCc1ccc(S(=O)(=O)CC(C[C@H]2O[C@@H]3C[C@@H](C)[C@@H]4C[C@H]5[C@H](C)CC[C@@H]([C@H]2C)[C@@]35OO4)C[C@H]2O[C@@H]3C[C@@H](C)[C@@H]4C[C@H]5[C@H](C)CC[C@@H]([C@H]2C)[C@@]35OO4)cc1. The number of nitrogens with zero attached hydrogens (tertiary/aromatic N) is 1.